The second-order valence-corrected chi connectivity index (χ2v) is 7.17. The van der Waals surface area contributed by atoms with E-state index in [9.17, 15) is 9.59 Å². The molecule has 4 rings (SSSR count). The molecule has 3 aliphatic heterocycles. The molecule has 3 fully saturated rings. The number of hydrogen-bond donors (Lipinski definition) is 0. The van der Waals surface area contributed by atoms with Crippen LogP contribution in [0.3, 0.4) is 0 Å². The van der Waals surface area contributed by atoms with Crippen LogP contribution in [0.25, 0.3) is 0 Å². The Morgan fingerprint density at radius 1 is 1.28 bits per heavy atom. The first-order valence-electron chi connectivity index (χ1n) is 8.99. The lowest BCUT2D eigenvalue weighted by Gasteiger charge is -2.36. The first-order valence-corrected chi connectivity index (χ1v) is 8.99. The predicted octanol–water partition coefficient (Wildman–Crippen LogP) is 1.11. The SMILES string of the molecule is Cc1cccc(CN2C(=O)CO[C@@H]3CN(C(=O)[C@H]4CCCO4)C[C@H]32)c1. The molecular weight excluding hydrogens is 320 g/mol. The molecule has 0 unspecified atom stereocenters. The highest BCUT2D eigenvalue weighted by atomic mass is 16.5. The van der Waals surface area contributed by atoms with Crippen molar-refractivity contribution >= 4 is 11.8 Å². The van der Waals surface area contributed by atoms with Gasteiger partial charge in [0, 0.05) is 26.2 Å². The maximum absolute atomic E-state index is 12.6. The van der Waals surface area contributed by atoms with E-state index in [1.54, 1.807) is 0 Å². The summed E-state index contributed by atoms with van der Waals surface area (Å²) in [5, 5.41) is 0. The number of carbonyl (C=O) groups excluding carboxylic acids is 2. The zero-order valence-electron chi connectivity index (χ0n) is 14.5. The highest BCUT2D eigenvalue weighted by Crippen LogP contribution is 2.27. The average molecular weight is 344 g/mol. The van der Waals surface area contributed by atoms with E-state index in [4.69, 9.17) is 9.47 Å². The summed E-state index contributed by atoms with van der Waals surface area (Å²) in [5.74, 6) is 0.0348. The Bertz CT molecular complexity index is 671. The van der Waals surface area contributed by atoms with E-state index in [0.29, 0.717) is 26.2 Å². The Hall–Kier alpha value is -1.92. The number of likely N-dealkylation sites (tertiary alicyclic amines) is 1. The molecule has 1 aromatic rings. The average Bonchev–Trinajstić information content (AvgIpc) is 3.26. The maximum Gasteiger partial charge on any atom is 0.251 e. The van der Waals surface area contributed by atoms with Crippen LogP contribution in [-0.4, -0.2) is 66.2 Å². The van der Waals surface area contributed by atoms with Gasteiger partial charge in [0.25, 0.3) is 5.91 Å². The molecule has 134 valence electrons. The molecule has 0 N–H and O–H groups in total. The van der Waals surface area contributed by atoms with Gasteiger partial charge in [-0.25, -0.2) is 0 Å². The number of carbonyl (C=O) groups is 2. The number of morpholine rings is 1. The molecule has 3 heterocycles. The van der Waals surface area contributed by atoms with Crippen LogP contribution in [0, 0.1) is 6.92 Å². The summed E-state index contributed by atoms with van der Waals surface area (Å²) < 4.78 is 11.2. The van der Waals surface area contributed by atoms with E-state index in [-0.39, 0.29) is 36.7 Å². The van der Waals surface area contributed by atoms with Gasteiger partial charge in [-0.1, -0.05) is 29.8 Å². The number of fused-ring (bicyclic) bond motifs is 1. The molecule has 6 heteroatoms. The molecule has 0 radical (unpaired) electrons. The first kappa shape index (κ1) is 16.5. The fourth-order valence-corrected chi connectivity index (χ4v) is 4.03. The topological polar surface area (TPSA) is 59.1 Å². The van der Waals surface area contributed by atoms with Crippen LogP contribution in [-0.2, 0) is 25.6 Å². The lowest BCUT2D eigenvalue weighted by atomic mass is 10.1. The summed E-state index contributed by atoms with van der Waals surface area (Å²) in [4.78, 5) is 28.7. The van der Waals surface area contributed by atoms with Gasteiger partial charge in [0.05, 0.1) is 12.1 Å². The largest absolute Gasteiger partial charge is 0.368 e. The molecule has 3 aliphatic rings. The van der Waals surface area contributed by atoms with Gasteiger partial charge in [0.2, 0.25) is 5.91 Å². The van der Waals surface area contributed by atoms with Crippen molar-refractivity contribution in [2.24, 2.45) is 0 Å². The highest BCUT2D eigenvalue weighted by molar-refractivity contribution is 5.82. The Balaban J connectivity index is 1.48. The van der Waals surface area contributed by atoms with Gasteiger partial charge < -0.3 is 19.3 Å². The van der Waals surface area contributed by atoms with Crippen molar-refractivity contribution in [3.05, 3.63) is 35.4 Å². The Morgan fingerprint density at radius 3 is 2.92 bits per heavy atom. The van der Waals surface area contributed by atoms with Gasteiger partial charge in [-0.15, -0.1) is 0 Å². The standard InChI is InChI=1S/C19H24N2O4/c1-13-4-2-5-14(8-13)9-21-15-10-20(11-17(15)25-12-18(21)22)19(23)16-6-3-7-24-16/h2,4-5,8,15-17H,3,6-7,9-12H2,1H3/t15-,16-,17-/m1/s1. The van der Waals surface area contributed by atoms with E-state index in [2.05, 4.69) is 6.07 Å². The van der Waals surface area contributed by atoms with Crippen molar-refractivity contribution in [3.8, 4) is 0 Å². The summed E-state index contributed by atoms with van der Waals surface area (Å²) in [6, 6.07) is 8.11. The fourth-order valence-electron chi connectivity index (χ4n) is 4.03. The van der Waals surface area contributed by atoms with Crippen molar-refractivity contribution < 1.29 is 19.1 Å². The van der Waals surface area contributed by atoms with Crippen LogP contribution in [0.4, 0.5) is 0 Å². The van der Waals surface area contributed by atoms with Crippen molar-refractivity contribution in [1.29, 1.82) is 0 Å². The molecule has 3 saturated heterocycles. The molecule has 0 saturated carbocycles. The first-order chi connectivity index (χ1) is 12.1. The smallest absolute Gasteiger partial charge is 0.251 e. The molecule has 3 atom stereocenters. The molecule has 0 bridgehead atoms. The summed E-state index contributed by atoms with van der Waals surface area (Å²) >= 11 is 0. The number of rotatable bonds is 3. The van der Waals surface area contributed by atoms with Gasteiger partial charge in [0.15, 0.2) is 0 Å². The molecule has 0 aliphatic carbocycles. The van der Waals surface area contributed by atoms with E-state index in [0.717, 1.165) is 18.4 Å². The van der Waals surface area contributed by atoms with E-state index < -0.39 is 0 Å². The third-order valence-electron chi connectivity index (χ3n) is 5.33. The van der Waals surface area contributed by atoms with Gasteiger partial charge in [-0.2, -0.15) is 0 Å². The quantitative estimate of drug-likeness (QED) is 0.824. The van der Waals surface area contributed by atoms with Gasteiger partial charge >= 0.3 is 0 Å². The minimum absolute atomic E-state index is 0.00540. The Kier molecular flexibility index (Phi) is 4.48. The molecule has 0 aromatic heterocycles. The summed E-state index contributed by atoms with van der Waals surface area (Å²) in [6.45, 7) is 4.43. The molecule has 6 nitrogen and oxygen atoms in total. The van der Waals surface area contributed by atoms with Crippen molar-refractivity contribution in [1.82, 2.24) is 9.80 Å². The zero-order chi connectivity index (χ0) is 17.4. The molecule has 1 aromatic carbocycles. The van der Waals surface area contributed by atoms with Crippen molar-refractivity contribution in [2.45, 2.75) is 44.6 Å². The van der Waals surface area contributed by atoms with Crippen LogP contribution in [0.2, 0.25) is 0 Å². The Morgan fingerprint density at radius 2 is 2.16 bits per heavy atom. The van der Waals surface area contributed by atoms with Gasteiger partial charge in [-0.3, -0.25) is 9.59 Å². The van der Waals surface area contributed by atoms with E-state index >= 15 is 0 Å². The van der Waals surface area contributed by atoms with Crippen LogP contribution in [0.5, 0.6) is 0 Å². The van der Waals surface area contributed by atoms with Gasteiger partial charge in [-0.05, 0) is 25.3 Å². The van der Waals surface area contributed by atoms with Crippen molar-refractivity contribution in [3.63, 3.8) is 0 Å². The lowest BCUT2D eigenvalue weighted by molar-refractivity contribution is -0.153. The fraction of sp³-hybridized carbons (Fsp3) is 0.579. The van der Waals surface area contributed by atoms with E-state index in [1.807, 2.05) is 34.9 Å². The number of aryl methyl sites for hydroxylation is 1. The summed E-state index contributed by atoms with van der Waals surface area (Å²) in [7, 11) is 0. The monoisotopic (exact) mass is 344 g/mol. The zero-order valence-corrected chi connectivity index (χ0v) is 14.5. The third kappa shape index (κ3) is 3.28. The second-order valence-electron chi connectivity index (χ2n) is 7.17. The Labute approximate surface area is 147 Å². The summed E-state index contributed by atoms with van der Waals surface area (Å²) in [5.41, 5.74) is 2.29. The predicted molar refractivity (Wildman–Crippen MR) is 90.8 cm³/mol. The second kappa shape index (κ2) is 6.77. The maximum atomic E-state index is 12.6. The minimum atomic E-state index is -0.318. The molecule has 25 heavy (non-hydrogen) atoms. The normalized spacial score (nSPS) is 29.2. The number of ether oxygens (including phenoxy) is 2. The number of amides is 2. The van der Waals surface area contributed by atoms with Crippen LogP contribution in [0.1, 0.15) is 24.0 Å². The van der Waals surface area contributed by atoms with Crippen LogP contribution in [0.15, 0.2) is 24.3 Å². The number of benzene rings is 1. The number of hydrogen-bond acceptors (Lipinski definition) is 4. The molecular formula is C19H24N2O4. The van der Waals surface area contributed by atoms with Gasteiger partial charge in [0.1, 0.15) is 12.7 Å². The number of nitrogens with zero attached hydrogens (tertiary/aromatic N) is 2. The van der Waals surface area contributed by atoms with E-state index in [1.165, 1.54) is 5.56 Å². The van der Waals surface area contributed by atoms with Crippen LogP contribution >= 0.6 is 0 Å². The lowest BCUT2D eigenvalue weighted by Crippen LogP contribution is -2.53. The highest BCUT2D eigenvalue weighted by Gasteiger charge is 2.45. The third-order valence-corrected chi connectivity index (χ3v) is 5.33. The minimum Gasteiger partial charge on any atom is -0.368 e. The van der Waals surface area contributed by atoms with Crippen LogP contribution < -0.4 is 0 Å². The molecule has 2 amide bonds. The van der Waals surface area contributed by atoms with Crippen molar-refractivity contribution in [2.75, 3.05) is 26.3 Å². The molecule has 0 spiro atoms. The summed E-state index contributed by atoms with van der Waals surface area (Å²) in [6.07, 6.45) is 1.30.